The van der Waals surface area contributed by atoms with Gasteiger partial charge in [0.1, 0.15) is 11.5 Å². The van der Waals surface area contributed by atoms with E-state index in [0.717, 1.165) is 34.8 Å². The van der Waals surface area contributed by atoms with E-state index >= 15 is 0 Å². The minimum Gasteiger partial charge on any atom is -0.497 e. The zero-order valence-corrected chi connectivity index (χ0v) is 24.2. The second-order valence-corrected chi connectivity index (χ2v) is 9.29. The Bertz CT molecular complexity index is 1420. The Morgan fingerprint density at radius 1 is 0.950 bits per heavy atom. The van der Waals surface area contributed by atoms with Gasteiger partial charge in [-0.15, -0.1) is 5.10 Å². The first kappa shape index (κ1) is 30.5. The third kappa shape index (κ3) is 6.21. The Kier molecular flexibility index (Phi) is 10.1. The van der Waals surface area contributed by atoms with Crippen molar-refractivity contribution in [2.75, 3.05) is 32.8 Å². The summed E-state index contributed by atoms with van der Waals surface area (Å²) in [6, 6.07) is 20.5. The maximum atomic E-state index is 11.9. The quantitative estimate of drug-likeness (QED) is 0.150. The molecular formula is C31H33CoN3O5. The smallest absolute Gasteiger partial charge is 0.337 e. The van der Waals surface area contributed by atoms with Crippen LogP contribution in [0.4, 0.5) is 5.69 Å². The summed E-state index contributed by atoms with van der Waals surface area (Å²) in [5.41, 5.74) is 4.94. The maximum Gasteiger partial charge on any atom is 0.337 e. The molecule has 0 aromatic heterocycles. The largest absolute Gasteiger partial charge is 0.497 e. The second-order valence-electron chi connectivity index (χ2n) is 9.29. The van der Waals surface area contributed by atoms with Crippen LogP contribution in [0.25, 0.3) is 0 Å². The summed E-state index contributed by atoms with van der Waals surface area (Å²) in [4.78, 5) is 14.2. The average Bonchev–Trinajstić information content (AvgIpc) is 3.21. The van der Waals surface area contributed by atoms with Crippen molar-refractivity contribution >= 4 is 23.8 Å². The number of hydrogen-bond acceptors (Lipinski definition) is 7. The molecule has 0 spiro atoms. The summed E-state index contributed by atoms with van der Waals surface area (Å²) in [5.74, 6) is 0.917. The SMILES string of the molecule is CCN1\C(=C/C=N/N=C(\O)c2ccc(OC)cc2)C(C)(Cc2ccc(C(=O)OC)cc2)c2cc(OC)ccc21.[Co]. The van der Waals surface area contributed by atoms with Crippen molar-refractivity contribution in [2.45, 2.75) is 25.7 Å². The predicted molar refractivity (Wildman–Crippen MR) is 154 cm³/mol. The Morgan fingerprint density at radius 3 is 2.17 bits per heavy atom. The summed E-state index contributed by atoms with van der Waals surface area (Å²) in [7, 11) is 4.62. The first-order valence-corrected chi connectivity index (χ1v) is 12.6. The van der Waals surface area contributed by atoms with Gasteiger partial charge in [-0.3, -0.25) is 0 Å². The van der Waals surface area contributed by atoms with Gasteiger partial charge in [0.25, 0.3) is 0 Å². The van der Waals surface area contributed by atoms with E-state index in [1.165, 1.54) is 7.11 Å². The Labute approximate surface area is 245 Å². The normalized spacial score (nSPS) is 17.5. The molecule has 4 rings (SSSR count). The summed E-state index contributed by atoms with van der Waals surface area (Å²) in [6.45, 7) is 5.03. The van der Waals surface area contributed by atoms with Crippen LogP contribution in [0.3, 0.4) is 0 Å². The fraction of sp³-hybridized carbons (Fsp3) is 0.258. The number of benzene rings is 3. The van der Waals surface area contributed by atoms with Gasteiger partial charge >= 0.3 is 5.97 Å². The van der Waals surface area contributed by atoms with Crippen LogP contribution < -0.4 is 14.4 Å². The molecule has 211 valence electrons. The summed E-state index contributed by atoms with van der Waals surface area (Å²) < 4.78 is 15.6. The topological polar surface area (TPSA) is 93.0 Å². The molecule has 3 aromatic rings. The molecule has 0 bridgehead atoms. The van der Waals surface area contributed by atoms with Crippen LogP contribution in [-0.2, 0) is 33.4 Å². The molecule has 0 saturated carbocycles. The number of aliphatic hydroxyl groups is 1. The fourth-order valence-electron chi connectivity index (χ4n) is 4.96. The van der Waals surface area contributed by atoms with Crippen LogP contribution in [0.2, 0.25) is 0 Å². The van der Waals surface area contributed by atoms with Gasteiger partial charge in [-0.1, -0.05) is 12.1 Å². The first-order valence-electron chi connectivity index (χ1n) is 12.6. The van der Waals surface area contributed by atoms with Gasteiger partial charge in [0.05, 0.1) is 33.1 Å². The average molecular weight is 587 g/mol. The van der Waals surface area contributed by atoms with Crippen molar-refractivity contribution in [1.82, 2.24) is 0 Å². The Hall–Kier alpha value is -4.08. The molecule has 1 heterocycles. The molecule has 0 aliphatic carbocycles. The number of hydrogen-bond donors (Lipinski definition) is 1. The van der Waals surface area contributed by atoms with E-state index in [1.807, 2.05) is 24.3 Å². The number of fused-ring (bicyclic) bond motifs is 1. The van der Waals surface area contributed by atoms with E-state index in [0.29, 0.717) is 23.3 Å². The minimum atomic E-state index is -0.430. The predicted octanol–water partition coefficient (Wildman–Crippen LogP) is 5.70. The molecule has 1 unspecified atom stereocenters. The number of aliphatic hydroxyl groups excluding tert-OH is 1. The monoisotopic (exact) mass is 586 g/mol. The molecule has 1 atom stereocenters. The van der Waals surface area contributed by atoms with Gasteiger partial charge in [0.15, 0.2) is 0 Å². The third-order valence-corrected chi connectivity index (χ3v) is 6.99. The summed E-state index contributed by atoms with van der Waals surface area (Å²) in [5, 5.41) is 18.5. The fourth-order valence-corrected chi connectivity index (χ4v) is 4.96. The molecule has 1 aliphatic rings. The number of carbonyl (C=O) groups is 1. The molecule has 0 fully saturated rings. The van der Waals surface area contributed by atoms with E-state index in [9.17, 15) is 9.90 Å². The van der Waals surface area contributed by atoms with Gasteiger partial charge in [0, 0.05) is 45.7 Å². The van der Waals surface area contributed by atoms with E-state index in [1.54, 1.807) is 56.8 Å². The van der Waals surface area contributed by atoms with Crippen molar-refractivity contribution in [2.24, 2.45) is 10.2 Å². The zero-order chi connectivity index (χ0) is 28.0. The number of nitrogens with zero attached hydrogens (tertiary/aromatic N) is 3. The van der Waals surface area contributed by atoms with Crippen LogP contribution in [0.15, 0.2) is 88.7 Å². The van der Waals surface area contributed by atoms with E-state index in [4.69, 9.17) is 14.2 Å². The number of likely N-dealkylation sites (N-methyl/N-ethyl adjacent to an activating group) is 1. The van der Waals surface area contributed by atoms with E-state index in [2.05, 4.69) is 41.1 Å². The Morgan fingerprint density at radius 2 is 1.57 bits per heavy atom. The van der Waals surface area contributed by atoms with Crippen LogP contribution in [0.5, 0.6) is 11.5 Å². The molecule has 40 heavy (non-hydrogen) atoms. The van der Waals surface area contributed by atoms with Crippen LogP contribution in [-0.4, -0.2) is 51.1 Å². The summed E-state index contributed by atoms with van der Waals surface area (Å²) in [6.07, 6.45) is 4.20. The van der Waals surface area contributed by atoms with E-state index in [-0.39, 0.29) is 28.6 Å². The molecule has 1 aliphatic heterocycles. The van der Waals surface area contributed by atoms with Crippen molar-refractivity contribution in [3.05, 3.63) is 101 Å². The van der Waals surface area contributed by atoms with Gasteiger partial charge in [-0.25, -0.2) is 4.79 Å². The first-order chi connectivity index (χ1) is 18.8. The molecule has 0 saturated heterocycles. The summed E-state index contributed by atoms with van der Waals surface area (Å²) >= 11 is 0. The Balaban J connectivity index is 0.00000441. The number of esters is 1. The van der Waals surface area contributed by atoms with Gasteiger partial charge in [-0.05, 0) is 92.1 Å². The van der Waals surface area contributed by atoms with Crippen LogP contribution in [0.1, 0.15) is 40.9 Å². The number of anilines is 1. The van der Waals surface area contributed by atoms with Crippen LogP contribution >= 0.6 is 0 Å². The third-order valence-electron chi connectivity index (χ3n) is 6.99. The molecule has 0 amide bonds. The van der Waals surface area contributed by atoms with Crippen LogP contribution in [0, 0.1) is 0 Å². The molecule has 1 radical (unpaired) electrons. The number of carbonyl (C=O) groups excluding carboxylic acids is 1. The number of ether oxygens (including phenoxy) is 3. The number of methoxy groups -OCH3 is 3. The van der Waals surface area contributed by atoms with Crippen molar-refractivity contribution in [1.29, 1.82) is 0 Å². The second kappa shape index (κ2) is 13.3. The number of allylic oxidation sites excluding steroid dienone is 2. The standard InChI is InChI=1S/C31H33N3O5.Co/c1-6-34-27-16-15-25(38-4)19-26(27)31(2,20-21-7-9-23(10-8-21)30(36)39-5)28(34)17-18-32-33-29(35)22-11-13-24(37-3)14-12-22;/h7-19H,6,20H2,1-5H3,(H,33,35);/b28-17-,32-18+;. The minimum absolute atomic E-state index is 0. The van der Waals surface area contributed by atoms with E-state index < -0.39 is 5.41 Å². The zero-order valence-electron chi connectivity index (χ0n) is 23.2. The molecule has 3 aromatic carbocycles. The van der Waals surface area contributed by atoms with Crippen molar-refractivity contribution < 1.29 is 40.9 Å². The van der Waals surface area contributed by atoms with Gasteiger partial charge in [0.2, 0.25) is 5.90 Å². The molecular weight excluding hydrogens is 553 g/mol. The molecule has 8 nitrogen and oxygen atoms in total. The molecule has 1 N–H and O–H groups in total. The maximum absolute atomic E-state index is 11.9. The van der Waals surface area contributed by atoms with Crippen molar-refractivity contribution in [3.8, 4) is 11.5 Å². The number of rotatable bonds is 9. The van der Waals surface area contributed by atoms with Crippen molar-refractivity contribution in [3.63, 3.8) is 0 Å². The van der Waals surface area contributed by atoms with Gasteiger partial charge in [-0.2, -0.15) is 5.10 Å². The molecule has 9 heteroatoms. The van der Waals surface area contributed by atoms with Gasteiger partial charge < -0.3 is 24.2 Å².